The monoisotopic (exact) mass is 451 g/mol. The number of benzene rings is 1. The lowest BCUT2D eigenvalue weighted by molar-refractivity contribution is -0.171. The summed E-state index contributed by atoms with van der Waals surface area (Å²) in [5, 5.41) is -0.969. The fraction of sp³-hybridized carbons (Fsp3) is 0.579. The molecule has 0 saturated carbocycles. The molecule has 1 aromatic carbocycles. The number of hydrogen-bond acceptors (Lipinski definition) is 6. The number of methoxy groups -OCH3 is 2. The maximum atomic E-state index is 13.5. The molecular weight excluding hydrogens is 427 g/mol. The molecule has 1 aliphatic rings. The highest BCUT2D eigenvalue weighted by molar-refractivity contribution is 6.68. The Labute approximate surface area is 178 Å². The van der Waals surface area contributed by atoms with Gasteiger partial charge in [0.15, 0.2) is 0 Å². The number of likely N-dealkylation sites (N-methyl/N-ethyl adjacent to an activating group) is 1. The summed E-state index contributed by atoms with van der Waals surface area (Å²) in [6, 6.07) is 3.23. The van der Waals surface area contributed by atoms with Crippen LogP contribution in [0, 0.1) is 0 Å². The Bertz CT molecular complexity index is 749. The van der Waals surface area contributed by atoms with Crippen molar-refractivity contribution in [3.63, 3.8) is 0 Å². The van der Waals surface area contributed by atoms with E-state index in [2.05, 4.69) is 4.90 Å². The fourth-order valence-electron chi connectivity index (χ4n) is 3.34. The van der Waals surface area contributed by atoms with Crippen LogP contribution in [0.5, 0.6) is 0 Å². The van der Waals surface area contributed by atoms with Crippen molar-refractivity contribution < 1.29 is 32.2 Å². The highest BCUT2D eigenvalue weighted by Crippen LogP contribution is 2.33. The Morgan fingerprint density at radius 3 is 2.17 bits per heavy atom. The number of hydrogen-bond donors (Lipinski definition) is 0. The van der Waals surface area contributed by atoms with Gasteiger partial charge in [-0.05, 0) is 36.8 Å². The van der Waals surface area contributed by atoms with E-state index in [1.807, 2.05) is 11.9 Å². The van der Waals surface area contributed by atoms with Gasteiger partial charge in [-0.25, -0.2) is 0 Å². The van der Waals surface area contributed by atoms with Gasteiger partial charge in [0.25, 0.3) is 5.24 Å². The third kappa shape index (κ3) is 5.84. The maximum absolute atomic E-state index is 13.5. The topological polar surface area (TPSA) is 62.3 Å². The lowest BCUT2D eigenvalue weighted by Gasteiger charge is -2.36. The number of carbonyl (C=O) groups excluding carboxylic acids is 2. The average molecular weight is 452 g/mol. The second-order valence-corrected chi connectivity index (χ2v) is 7.35. The molecule has 0 aliphatic carbocycles. The predicted molar refractivity (Wildman–Crippen MR) is 107 cm³/mol. The molecule has 1 aromatic rings. The second kappa shape index (κ2) is 10.4. The Kier molecular flexibility index (Phi) is 8.48. The summed E-state index contributed by atoms with van der Waals surface area (Å²) < 4.78 is 50.4. The molecule has 0 atom stereocenters. The van der Waals surface area contributed by atoms with Crippen molar-refractivity contribution in [3.05, 3.63) is 23.8 Å². The van der Waals surface area contributed by atoms with Crippen LogP contribution in [0.2, 0.25) is 0 Å². The van der Waals surface area contributed by atoms with Crippen LogP contribution in [-0.2, 0) is 14.3 Å². The average Bonchev–Trinajstić information content (AvgIpc) is 2.68. The first-order valence-corrected chi connectivity index (χ1v) is 9.63. The standard InChI is InChI=1S/C19H25ClF3N3O4/c1-24-6-8-25(9-7-24)13-4-5-15(17(20)27)16(10-13)26(18(28)19(21,22)23)14(11-29-2)12-30-3/h4-5,10,14H,6-9,11-12H2,1-3H3. The van der Waals surface area contributed by atoms with E-state index in [4.69, 9.17) is 21.1 Å². The number of anilines is 2. The first-order valence-electron chi connectivity index (χ1n) is 9.25. The molecule has 0 N–H and O–H groups in total. The van der Waals surface area contributed by atoms with Crippen molar-refractivity contribution >= 4 is 34.1 Å². The molecule has 30 heavy (non-hydrogen) atoms. The molecule has 0 radical (unpaired) electrons. The van der Waals surface area contributed by atoms with Crippen LogP contribution in [0.15, 0.2) is 18.2 Å². The van der Waals surface area contributed by atoms with Gasteiger partial charge in [-0.1, -0.05) is 0 Å². The maximum Gasteiger partial charge on any atom is 0.471 e. The zero-order valence-corrected chi connectivity index (χ0v) is 17.8. The van der Waals surface area contributed by atoms with Gasteiger partial charge in [-0.2, -0.15) is 13.2 Å². The minimum Gasteiger partial charge on any atom is -0.382 e. The number of carbonyl (C=O) groups is 2. The Hall–Kier alpha value is -1.88. The van der Waals surface area contributed by atoms with E-state index in [0.717, 1.165) is 13.1 Å². The van der Waals surface area contributed by atoms with Crippen LogP contribution in [-0.4, -0.2) is 88.9 Å². The van der Waals surface area contributed by atoms with Gasteiger partial charge in [0.2, 0.25) is 0 Å². The molecule has 0 spiro atoms. The van der Waals surface area contributed by atoms with E-state index in [0.29, 0.717) is 23.7 Å². The molecule has 1 saturated heterocycles. The number of amides is 1. The lowest BCUT2D eigenvalue weighted by atomic mass is 10.1. The van der Waals surface area contributed by atoms with Crippen molar-refractivity contribution in [1.29, 1.82) is 0 Å². The molecule has 1 amide bonds. The molecule has 1 heterocycles. The van der Waals surface area contributed by atoms with E-state index in [9.17, 15) is 22.8 Å². The van der Waals surface area contributed by atoms with Gasteiger partial charge < -0.3 is 19.3 Å². The smallest absolute Gasteiger partial charge is 0.382 e. The summed E-state index contributed by atoms with van der Waals surface area (Å²) in [6.45, 7) is 2.38. The minimum atomic E-state index is -5.17. The first kappa shape index (κ1) is 24.4. The molecule has 0 bridgehead atoms. The number of rotatable bonds is 8. The van der Waals surface area contributed by atoms with Gasteiger partial charge in [0, 0.05) is 46.1 Å². The summed E-state index contributed by atoms with van der Waals surface area (Å²) in [5.41, 5.74) is 0.158. The number of halogens is 4. The quantitative estimate of drug-likeness (QED) is 0.566. The molecule has 2 rings (SSSR count). The second-order valence-electron chi connectivity index (χ2n) is 7.00. The summed E-state index contributed by atoms with van der Waals surface area (Å²) in [5.74, 6) is -2.13. The molecule has 1 fully saturated rings. The van der Waals surface area contributed by atoms with Crippen LogP contribution >= 0.6 is 11.6 Å². The van der Waals surface area contributed by atoms with Crippen molar-refractivity contribution in [3.8, 4) is 0 Å². The molecule has 0 aromatic heterocycles. The summed E-state index contributed by atoms with van der Waals surface area (Å²) in [6.07, 6.45) is -5.17. The Morgan fingerprint density at radius 1 is 1.13 bits per heavy atom. The predicted octanol–water partition coefficient (Wildman–Crippen LogP) is 2.37. The molecule has 0 unspecified atom stereocenters. The van der Waals surface area contributed by atoms with Crippen LogP contribution in [0.1, 0.15) is 10.4 Å². The van der Waals surface area contributed by atoms with Gasteiger partial charge in [-0.15, -0.1) is 0 Å². The number of piperazine rings is 1. The fourth-order valence-corrected chi connectivity index (χ4v) is 3.50. The zero-order valence-electron chi connectivity index (χ0n) is 17.0. The Morgan fingerprint density at radius 2 is 1.70 bits per heavy atom. The number of alkyl halides is 3. The summed E-state index contributed by atoms with van der Waals surface area (Å²) in [7, 11) is 4.57. The van der Waals surface area contributed by atoms with Crippen LogP contribution in [0.3, 0.4) is 0 Å². The normalized spacial score (nSPS) is 15.5. The van der Waals surface area contributed by atoms with Gasteiger partial charge >= 0.3 is 12.1 Å². The Balaban J connectivity index is 2.59. The van der Waals surface area contributed by atoms with Crippen LogP contribution < -0.4 is 9.80 Å². The van der Waals surface area contributed by atoms with E-state index in [1.165, 1.54) is 26.4 Å². The highest BCUT2D eigenvalue weighted by Gasteiger charge is 2.46. The van der Waals surface area contributed by atoms with Crippen molar-refractivity contribution in [2.45, 2.75) is 12.2 Å². The number of ether oxygens (including phenoxy) is 2. The van der Waals surface area contributed by atoms with Gasteiger partial charge in [0.05, 0.1) is 30.5 Å². The molecular formula is C19H25ClF3N3O4. The largest absolute Gasteiger partial charge is 0.471 e. The van der Waals surface area contributed by atoms with E-state index in [1.54, 1.807) is 6.07 Å². The zero-order chi connectivity index (χ0) is 22.5. The molecule has 1 aliphatic heterocycles. The van der Waals surface area contributed by atoms with E-state index >= 15 is 0 Å². The summed E-state index contributed by atoms with van der Waals surface area (Å²) in [4.78, 5) is 29.0. The first-order chi connectivity index (χ1) is 14.1. The van der Waals surface area contributed by atoms with Crippen molar-refractivity contribution in [2.75, 3.05) is 70.5 Å². The van der Waals surface area contributed by atoms with E-state index in [-0.39, 0.29) is 24.5 Å². The van der Waals surface area contributed by atoms with Crippen LogP contribution in [0.4, 0.5) is 24.5 Å². The van der Waals surface area contributed by atoms with Gasteiger partial charge in [0.1, 0.15) is 0 Å². The van der Waals surface area contributed by atoms with E-state index < -0.39 is 23.4 Å². The molecule has 168 valence electrons. The molecule has 11 heteroatoms. The van der Waals surface area contributed by atoms with Gasteiger partial charge in [-0.3, -0.25) is 14.5 Å². The third-order valence-electron chi connectivity index (χ3n) is 4.87. The SMILES string of the molecule is COCC(COC)N(C(=O)C(F)(F)F)c1cc(N2CCN(C)CC2)ccc1C(=O)Cl. The summed E-state index contributed by atoms with van der Waals surface area (Å²) >= 11 is 5.65. The molecule has 7 nitrogen and oxygen atoms in total. The minimum absolute atomic E-state index is 0.204. The highest BCUT2D eigenvalue weighted by atomic mass is 35.5. The van der Waals surface area contributed by atoms with Crippen molar-refractivity contribution in [1.82, 2.24) is 4.90 Å². The third-order valence-corrected chi connectivity index (χ3v) is 5.07. The lowest BCUT2D eigenvalue weighted by Crippen LogP contribution is -2.51. The van der Waals surface area contributed by atoms with Crippen molar-refractivity contribution in [2.24, 2.45) is 0 Å². The van der Waals surface area contributed by atoms with Crippen LogP contribution in [0.25, 0.3) is 0 Å². The number of nitrogens with zero attached hydrogens (tertiary/aromatic N) is 3.